The lowest BCUT2D eigenvalue weighted by atomic mass is 9.83. The number of aryl methyl sites for hydroxylation is 2. The average Bonchev–Trinajstić information content (AvgIpc) is 3.89. The average molecular weight is 827 g/mol. The van der Waals surface area contributed by atoms with E-state index in [1.807, 2.05) is 54.9 Å². The molecule has 13 rings (SSSR count). The number of aliphatic imine (C=N–C) groups is 2. The lowest BCUT2D eigenvalue weighted by Gasteiger charge is -2.22. The van der Waals surface area contributed by atoms with Gasteiger partial charge < -0.3 is 0 Å². The molecule has 2 aliphatic heterocycles. The Balaban J connectivity index is 1.06. The molecular formula is C54H38N10. The van der Waals surface area contributed by atoms with Crippen LogP contribution in [0, 0.1) is 0 Å². The maximum Gasteiger partial charge on any atom is 0.235 e. The van der Waals surface area contributed by atoms with E-state index in [1.54, 1.807) is 12.4 Å². The number of pyridine rings is 2. The first kappa shape index (κ1) is 36.4. The molecule has 0 N–H and O–H groups in total. The van der Waals surface area contributed by atoms with Gasteiger partial charge in [-0.3, -0.25) is 29.1 Å². The first-order valence-electron chi connectivity index (χ1n) is 21.9. The highest BCUT2D eigenvalue weighted by molar-refractivity contribution is 6.14. The second kappa shape index (κ2) is 14.7. The molecule has 0 bridgehead atoms. The Morgan fingerprint density at radius 3 is 1.88 bits per heavy atom. The van der Waals surface area contributed by atoms with Gasteiger partial charge in [0.25, 0.3) is 0 Å². The number of aromatic nitrogens is 8. The van der Waals surface area contributed by atoms with Crippen LogP contribution in [0.2, 0.25) is 0 Å². The quantitative estimate of drug-likeness (QED) is 0.165. The smallest absolute Gasteiger partial charge is 0.235 e. The molecule has 64 heavy (non-hydrogen) atoms. The van der Waals surface area contributed by atoms with E-state index in [0.717, 1.165) is 117 Å². The highest BCUT2D eigenvalue weighted by Crippen LogP contribution is 2.45. The third-order valence-electron chi connectivity index (χ3n) is 12.8. The van der Waals surface area contributed by atoms with Crippen molar-refractivity contribution in [1.82, 2.24) is 39.0 Å². The molecule has 0 atom stereocenters. The van der Waals surface area contributed by atoms with E-state index in [0.29, 0.717) is 11.9 Å². The normalized spacial score (nSPS) is 14.6. The van der Waals surface area contributed by atoms with Crippen LogP contribution in [0.25, 0.3) is 95.1 Å². The second-order valence-corrected chi connectivity index (χ2v) is 16.5. The van der Waals surface area contributed by atoms with Gasteiger partial charge in [-0.05, 0) is 121 Å². The first-order valence-corrected chi connectivity index (χ1v) is 21.9. The molecule has 0 saturated carbocycles. The van der Waals surface area contributed by atoms with E-state index in [1.165, 1.54) is 33.0 Å². The SMILES string of the molecule is C1=CN=C(c2cc(C3=CCCC=N3)nc(-n3c4ccccc4c4cc5c(cc43)-c3ccc4c6ccccc6n(-c6nc(-c7ccccn7)cc(-c7ccccn7)n6)c4c3CC5)n2)CC1. The number of hydrogen-bond acceptors (Lipinski definition) is 8. The summed E-state index contributed by atoms with van der Waals surface area (Å²) in [5, 5.41) is 4.66. The third kappa shape index (κ3) is 5.86. The van der Waals surface area contributed by atoms with Gasteiger partial charge in [0.2, 0.25) is 11.9 Å². The fraction of sp³-hybridized carbons (Fsp3) is 0.111. The molecule has 0 spiro atoms. The van der Waals surface area contributed by atoms with Crippen molar-refractivity contribution in [3.05, 3.63) is 175 Å². The maximum absolute atomic E-state index is 5.30. The highest BCUT2D eigenvalue weighted by atomic mass is 15.2. The minimum atomic E-state index is 0.577. The van der Waals surface area contributed by atoms with Crippen LogP contribution in [0.4, 0.5) is 0 Å². The number of para-hydroxylation sites is 2. The molecule has 10 nitrogen and oxygen atoms in total. The van der Waals surface area contributed by atoms with Crippen molar-refractivity contribution in [3.8, 4) is 45.8 Å². The van der Waals surface area contributed by atoms with E-state index < -0.39 is 0 Å². The van der Waals surface area contributed by atoms with Gasteiger partial charge in [0.05, 0.1) is 67.6 Å². The van der Waals surface area contributed by atoms with Gasteiger partial charge in [0.15, 0.2) is 0 Å². The van der Waals surface area contributed by atoms with E-state index in [9.17, 15) is 0 Å². The van der Waals surface area contributed by atoms with Crippen molar-refractivity contribution < 1.29 is 0 Å². The second-order valence-electron chi connectivity index (χ2n) is 16.5. The molecule has 0 amide bonds. The number of hydrogen-bond donors (Lipinski definition) is 0. The number of fused-ring (bicyclic) bond motifs is 10. The molecule has 4 aromatic carbocycles. The molecule has 10 aromatic rings. The van der Waals surface area contributed by atoms with Crippen LogP contribution in [-0.4, -0.2) is 51.0 Å². The topological polar surface area (TPSA) is 112 Å². The summed E-state index contributed by atoms with van der Waals surface area (Å²) in [6, 6.07) is 42.4. The van der Waals surface area contributed by atoms with Gasteiger partial charge in [-0.25, -0.2) is 19.9 Å². The molecule has 1 aliphatic carbocycles. The summed E-state index contributed by atoms with van der Waals surface area (Å²) in [5.74, 6) is 1.19. The van der Waals surface area contributed by atoms with Gasteiger partial charge in [-0.2, -0.15) is 0 Å². The van der Waals surface area contributed by atoms with Gasteiger partial charge >= 0.3 is 0 Å². The zero-order chi connectivity index (χ0) is 42.1. The summed E-state index contributed by atoms with van der Waals surface area (Å²) >= 11 is 0. The molecule has 0 radical (unpaired) electrons. The summed E-state index contributed by atoms with van der Waals surface area (Å²) in [5.41, 5.74) is 15.7. The molecule has 6 aromatic heterocycles. The van der Waals surface area contributed by atoms with Crippen molar-refractivity contribution in [3.63, 3.8) is 0 Å². The van der Waals surface area contributed by atoms with Crippen molar-refractivity contribution in [2.24, 2.45) is 9.98 Å². The van der Waals surface area contributed by atoms with Crippen LogP contribution >= 0.6 is 0 Å². The molecule has 304 valence electrons. The largest absolute Gasteiger partial charge is 0.278 e. The minimum Gasteiger partial charge on any atom is -0.278 e. The summed E-state index contributed by atoms with van der Waals surface area (Å²) in [6.07, 6.45) is 17.1. The molecular weight excluding hydrogens is 789 g/mol. The predicted octanol–water partition coefficient (Wildman–Crippen LogP) is 11.7. The van der Waals surface area contributed by atoms with Crippen LogP contribution in [0.15, 0.2) is 162 Å². The summed E-state index contributed by atoms with van der Waals surface area (Å²) < 4.78 is 4.50. The molecule has 10 heteroatoms. The summed E-state index contributed by atoms with van der Waals surface area (Å²) in [4.78, 5) is 40.1. The summed E-state index contributed by atoms with van der Waals surface area (Å²) in [6.45, 7) is 0. The van der Waals surface area contributed by atoms with Crippen LogP contribution in [-0.2, 0) is 12.8 Å². The van der Waals surface area contributed by atoms with E-state index in [2.05, 4.69) is 100 Å². The number of rotatable bonds is 6. The number of allylic oxidation sites excluding steroid dienone is 2. The fourth-order valence-corrected chi connectivity index (χ4v) is 9.85. The van der Waals surface area contributed by atoms with Crippen molar-refractivity contribution in [2.75, 3.05) is 0 Å². The molecule has 3 aliphatic rings. The van der Waals surface area contributed by atoms with Gasteiger partial charge in [0, 0.05) is 46.4 Å². The third-order valence-corrected chi connectivity index (χ3v) is 12.8. The molecule has 0 unspecified atom stereocenters. The minimum absolute atomic E-state index is 0.577. The summed E-state index contributed by atoms with van der Waals surface area (Å²) in [7, 11) is 0. The van der Waals surface area contributed by atoms with Gasteiger partial charge in [0.1, 0.15) is 0 Å². The van der Waals surface area contributed by atoms with Gasteiger partial charge in [-0.15, -0.1) is 0 Å². The van der Waals surface area contributed by atoms with E-state index in [-0.39, 0.29) is 0 Å². The van der Waals surface area contributed by atoms with Gasteiger partial charge in [-0.1, -0.05) is 72.8 Å². The Kier molecular flexibility index (Phi) is 8.36. The molecule has 8 heterocycles. The highest BCUT2D eigenvalue weighted by Gasteiger charge is 2.27. The predicted molar refractivity (Wildman–Crippen MR) is 256 cm³/mol. The lowest BCUT2D eigenvalue weighted by Crippen LogP contribution is -2.12. The number of nitrogens with zero attached hydrogens (tertiary/aromatic N) is 10. The standard InChI is InChI=1S/C54H38N10/c1-4-20-50-35(13-1)38-24-23-34-37(52(38)64(50)54-61-47(43-17-7-11-27-57-43)32-48(62-54)44-18-8-12-28-58-44)22-21-33-29-40-36-14-2-3-19-49(36)63(51(40)30-39(33)34)53-59-45(41-15-5-9-25-55-41)31-46(60-53)42-16-6-10-26-56-42/h1-4,7-9,11-14,16-20,23-32H,5-6,10,15,21-22H2. The van der Waals surface area contributed by atoms with Crippen molar-refractivity contribution in [1.29, 1.82) is 0 Å². The zero-order valence-corrected chi connectivity index (χ0v) is 34.7. The van der Waals surface area contributed by atoms with Crippen LogP contribution < -0.4 is 0 Å². The monoisotopic (exact) mass is 826 g/mol. The Hall–Kier alpha value is -8.24. The maximum atomic E-state index is 5.30. The zero-order valence-electron chi connectivity index (χ0n) is 34.7. The Morgan fingerprint density at radius 1 is 0.469 bits per heavy atom. The Morgan fingerprint density at radius 2 is 1.16 bits per heavy atom. The molecule has 0 fully saturated rings. The fourth-order valence-electron chi connectivity index (χ4n) is 9.85. The van der Waals surface area contributed by atoms with E-state index in [4.69, 9.17) is 39.9 Å². The van der Waals surface area contributed by atoms with Crippen LogP contribution in [0.5, 0.6) is 0 Å². The lowest BCUT2D eigenvalue weighted by molar-refractivity contribution is 0.929. The molecule has 0 saturated heterocycles. The van der Waals surface area contributed by atoms with Crippen LogP contribution in [0.3, 0.4) is 0 Å². The van der Waals surface area contributed by atoms with Crippen molar-refractivity contribution >= 4 is 61.2 Å². The van der Waals surface area contributed by atoms with Crippen LogP contribution in [0.1, 0.15) is 48.2 Å². The first-order chi connectivity index (χ1) is 31.7. The van der Waals surface area contributed by atoms with Crippen molar-refractivity contribution in [2.45, 2.75) is 38.5 Å². The Labute approximate surface area is 367 Å². The Bertz CT molecular complexity index is 3610. The van der Waals surface area contributed by atoms with E-state index >= 15 is 0 Å². The number of benzene rings is 4.